The van der Waals surface area contributed by atoms with E-state index in [1.54, 1.807) is 12.1 Å². The van der Waals surface area contributed by atoms with Gasteiger partial charge in [-0.05, 0) is 31.5 Å². The van der Waals surface area contributed by atoms with E-state index >= 15 is 0 Å². The largest absolute Gasteiger partial charge is 0.384 e. The van der Waals surface area contributed by atoms with Gasteiger partial charge in [0.05, 0.1) is 18.3 Å². The van der Waals surface area contributed by atoms with Crippen LogP contribution in [-0.2, 0) is 11.3 Å². The molecule has 2 atom stereocenters. The molecule has 2 rings (SSSR count). The van der Waals surface area contributed by atoms with Crippen molar-refractivity contribution in [3.8, 4) is 11.8 Å². The quantitative estimate of drug-likeness (QED) is 0.836. The molecule has 4 heteroatoms. The molecule has 0 spiro atoms. The van der Waals surface area contributed by atoms with Crippen molar-refractivity contribution in [3.63, 3.8) is 0 Å². The Balaban J connectivity index is 2.12. The average molecular weight is 277 g/mol. The molecule has 1 aliphatic rings. The van der Waals surface area contributed by atoms with Crippen LogP contribution in [-0.4, -0.2) is 41.9 Å². The molecule has 1 aromatic rings. The summed E-state index contributed by atoms with van der Waals surface area (Å²) in [6.45, 7) is 6.27. The van der Waals surface area contributed by atoms with Crippen LogP contribution >= 0.6 is 0 Å². The monoisotopic (exact) mass is 277 g/mol. The molecule has 0 aromatic heterocycles. The number of hydrogen-bond acceptors (Lipinski definition) is 3. The van der Waals surface area contributed by atoms with E-state index in [1.807, 2.05) is 0 Å². The van der Waals surface area contributed by atoms with Gasteiger partial charge in [0.15, 0.2) is 0 Å². The van der Waals surface area contributed by atoms with Crippen molar-refractivity contribution in [2.75, 3.05) is 19.8 Å². The first kappa shape index (κ1) is 15.0. The maximum Gasteiger partial charge on any atom is 0.138 e. The Morgan fingerprint density at radius 1 is 1.45 bits per heavy atom. The summed E-state index contributed by atoms with van der Waals surface area (Å²) >= 11 is 0. The van der Waals surface area contributed by atoms with E-state index in [2.05, 4.69) is 30.6 Å². The minimum absolute atomic E-state index is 0.222. The second-order valence-corrected chi connectivity index (χ2v) is 5.20. The highest BCUT2D eigenvalue weighted by Crippen LogP contribution is 2.17. The van der Waals surface area contributed by atoms with Crippen LogP contribution in [0.1, 0.15) is 25.0 Å². The van der Waals surface area contributed by atoms with E-state index in [1.165, 1.54) is 6.07 Å². The number of nitrogens with zero attached hydrogens (tertiary/aromatic N) is 1. The summed E-state index contributed by atoms with van der Waals surface area (Å²) in [5.41, 5.74) is 1.36. The minimum Gasteiger partial charge on any atom is -0.384 e. The van der Waals surface area contributed by atoms with Crippen LogP contribution in [0.5, 0.6) is 0 Å². The summed E-state index contributed by atoms with van der Waals surface area (Å²) in [5.74, 6) is 4.78. The second-order valence-electron chi connectivity index (χ2n) is 5.20. The number of aliphatic hydroxyl groups is 1. The number of hydrogen-bond donors (Lipinski definition) is 1. The lowest BCUT2D eigenvalue weighted by Crippen LogP contribution is -2.46. The number of ether oxygens (including phenoxy) is 1. The average Bonchev–Trinajstić information content (AvgIpc) is 2.43. The highest BCUT2D eigenvalue weighted by atomic mass is 19.1. The van der Waals surface area contributed by atoms with Crippen LogP contribution < -0.4 is 0 Å². The van der Waals surface area contributed by atoms with Crippen molar-refractivity contribution >= 4 is 0 Å². The zero-order chi connectivity index (χ0) is 14.5. The molecule has 1 aliphatic heterocycles. The number of halogens is 1. The first-order valence-corrected chi connectivity index (χ1v) is 6.84. The van der Waals surface area contributed by atoms with Crippen molar-refractivity contribution < 1.29 is 14.2 Å². The molecule has 108 valence electrons. The number of morpholine rings is 1. The molecule has 1 heterocycles. The van der Waals surface area contributed by atoms with Crippen LogP contribution in [0.3, 0.4) is 0 Å². The van der Waals surface area contributed by atoms with Crippen molar-refractivity contribution in [1.29, 1.82) is 0 Å². The maximum absolute atomic E-state index is 13.6. The van der Waals surface area contributed by atoms with Crippen molar-refractivity contribution in [1.82, 2.24) is 4.90 Å². The van der Waals surface area contributed by atoms with Gasteiger partial charge in [-0.15, -0.1) is 0 Å². The van der Waals surface area contributed by atoms with Gasteiger partial charge in [-0.3, -0.25) is 4.90 Å². The fourth-order valence-corrected chi connectivity index (χ4v) is 2.33. The van der Waals surface area contributed by atoms with Gasteiger partial charge < -0.3 is 9.84 Å². The molecule has 0 radical (unpaired) electrons. The van der Waals surface area contributed by atoms with Gasteiger partial charge in [0.1, 0.15) is 12.4 Å². The summed E-state index contributed by atoms with van der Waals surface area (Å²) in [6, 6.07) is 5.32. The fourth-order valence-electron chi connectivity index (χ4n) is 2.33. The second kappa shape index (κ2) is 6.85. The van der Waals surface area contributed by atoms with Crippen LogP contribution in [0.4, 0.5) is 4.39 Å². The van der Waals surface area contributed by atoms with Gasteiger partial charge in [-0.2, -0.15) is 0 Å². The zero-order valence-electron chi connectivity index (χ0n) is 11.9. The van der Waals surface area contributed by atoms with E-state index < -0.39 is 0 Å². The van der Waals surface area contributed by atoms with Gasteiger partial charge in [0.25, 0.3) is 0 Å². The smallest absolute Gasteiger partial charge is 0.138 e. The lowest BCUT2D eigenvalue weighted by molar-refractivity contribution is -0.0526. The highest BCUT2D eigenvalue weighted by molar-refractivity contribution is 5.38. The molecule has 0 amide bonds. The van der Waals surface area contributed by atoms with Gasteiger partial charge >= 0.3 is 0 Å². The third-order valence-corrected chi connectivity index (χ3v) is 3.46. The molecule has 2 unspecified atom stereocenters. The first-order valence-electron chi connectivity index (χ1n) is 6.84. The zero-order valence-corrected chi connectivity index (χ0v) is 11.9. The predicted molar refractivity (Wildman–Crippen MR) is 75.6 cm³/mol. The standard InChI is InChI=1S/C16H20FNO2/c1-12-11-20-13(2)9-18(12)10-14-5-6-16(17)15(8-14)4-3-7-19/h5-6,8,12-13,19H,7,9-11H2,1-2H3. The lowest BCUT2D eigenvalue weighted by atomic mass is 10.1. The molecule has 0 aliphatic carbocycles. The molecule has 0 saturated carbocycles. The third kappa shape index (κ3) is 3.80. The molecule has 1 N–H and O–H groups in total. The Kier molecular flexibility index (Phi) is 5.13. The predicted octanol–water partition coefficient (Wildman–Crippen LogP) is 1.78. The van der Waals surface area contributed by atoms with Crippen LogP contribution in [0.15, 0.2) is 18.2 Å². The fraction of sp³-hybridized carbons (Fsp3) is 0.500. The SMILES string of the molecule is CC1CN(Cc2ccc(F)c(C#CCO)c2)C(C)CO1. The van der Waals surface area contributed by atoms with Crippen LogP contribution in [0, 0.1) is 17.7 Å². The van der Waals surface area contributed by atoms with Gasteiger partial charge in [0, 0.05) is 19.1 Å². The summed E-state index contributed by atoms with van der Waals surface area (Å²) in [5, 5.41) is 8.69. The van der Waals surface area contributed by atoms with E-state index in [-0.39, 0.29) is 18.5 Å². The Labute approximate surface area is 119 Å². The normalized spacial score (nSPS) is 23.2. The minimum atomic E-state index is -0.349. The molecule has 0 bridgehead atoms. The number of aliphatic hydroxyl groups excluding tert-OH is 1. The van der Waals surface area contributed by atoms with E-state index in [9.17, 15) is 4.39 Å². The Morgan fingerprint density at radius 3 is 3.00 bits per heavy atom. The van der Waals surface area contributed by atoms with E-state index in [0.29, 0.717) is 11.6 Å². The Morgan fingerprint density at radius 2 is 2.25 bits per heavy atom. The number of rotatable bonds is 2. The van der Waals surface area contributed by atoms with E-state index in [4.69, 9.17) is 9.84 Å². The Bertz CT molecular complexity index is 521. The van der Waals surface area contributed by atoms with Gasteiger partial charge in [-0.1, -0.05) is 17.9 Å². The van der Waals surface area contributed by atoms with E-state index in [0.717, 1.165) is 25.3 Å². The van der Waals surface area contributed by atoms with Gasteiger partial charge in [0.2, 0.25) is 0 Å². The summed E-state index contributed by atoms with van der Waals surface area (Å²) < 4.78 is 19.2. The molecule has 1 saturated heterocycles. The molecule has 3 nitrogen and oxygen atoms in total. The lowest BCUT2D eigenvalue weighted by Gasteiger charge is -2.36. The third-order valence-electron chi connectivity index (χ3n) is 3.46. The molecular weight excluding hydrogens is 257 g/mol. The summed E-state index contributed by atoms with van der Waals surface area (Å²) in [6.07, 6.45) is 0.222. The molecule has 1 fully saturated rings. The Hall–Kier alpha value is -1.41. The highest BCUT2D eigenvalue weighted by Gasteiger charge is 2.23. The van der Waals surface area contributed by atoms with Crippen molar-refractivity contribution in [2.24, 2.45) is 0 Å². The van der Waals surface area contributed by atoms with Crippen molar-refractivity contribution in [2.45, 2.75) is 32.5 Å². The number of benzene rings is 1. The molecular formula is C16H20FNO2. The molecule has 1 aromatic carbocycles. The maximum atomic E-state index is 13.6. The van der Waals surface area contributed by atoms with Crippen LogP contribution in [0.2, 0.25) is 0 Å². The van der Waals surface area contributed by atoms with Gasteiger partial charge in [-0.25, -0.2) is 4.39 Å². The van der Waals surface area contributed by atoms with Crippen LogP contribution in [0.25, 0.3) is 0 Å². The molecule has 20 heavy (non-hydrogen) atoms. The topological polar surface area (TPSA) is 32.7 Å². The summed E-state index contributed by atoms with van der Waals surface area (Å²) in [4.78, 5) is 2.32. The summed E-state index contributed by atoms with van der Waals surface area (Å²) in [7, 11) is 0. The first-order chi connectivity index (χ1) is 9.60. The van der Waals surface area contributed by atoms with Crippen molar-refractivity contribution in [3.05, 3.63) is 35.1 Å².